The molecule has 44 heavy (non-hydrogen) atoms. The quantitative estimate of drug-likeness (QED) is 0.142. The second-order valence-corrected chi connectivity index (χ2v) is 15.2. The molecular weight excluding hydrogens is 634 g/mol. The Kier molecular flexibility index (Phi) is 8.08. The summed E-state index contributed by atoms with van der Waals surface area (Å²) in [5.41, 5.74) is 7.05. The molecular formula is C31H29AsF3N7O2. The standard InChI is InChI=1S/C31H29AsF3N7O2/c1-2-32-31(10-11-31)14-18(15-36)30(43)41-12-4-5-19(41)16-42-29-25(28(37)38-17-39-29)27(40-42)21-9-8-20(13-23(21)34)44-24-7-3-6-22(33)26(24)35/h3,6-9,13-14,17,19,32H,2,4-5,10-12,16H2,1H3,(H2,37,38,39)/t19-/m0/s1. The molecule has 9 nitrogen and oxygen atoms in total. The van der Waals surface area contributed by atoms with Crippen LogP contribution in [-0.2, 0) is 11.3 Å². The molecule has 3 heterocycles. The summed E-state index contributed by atoms with van der Waals surface area (Å²) in [6.45, 7) is 2.93. The van der Waals surface area contributed by atoms with Crippen molar-refractivity contribution in [2.24, 2.45) is 0 Å². The third kappa shape index (κ3) is 5.64. The molecule has 1 amide bonds. The first-order valence-corrected chi connectivity index (χ1v) is 16.8. The number of nitrogens with zero attached hydrogens (tertiary/aromatic N) is 6. The van der Waals surface area contributed by atoms with E-state index in [1.165, 1.54) is 30.6 Å². The van der Waals surface area contributed by atoms with Crippen molar-refractivity contribution in [3.63, 3.8) is 0 Å². The number of likely N-dealkylation sites (tertiary alicyclic amines) is 1. The van der Waals surface area contributed by atoms with E-state index in [1.54, 1.807) is 9.58 Å². The topological polar surface area (TPSA) is 123 Å². The molecule has 1 unspecified atom stereocenters. The van der Waals surface area contributed by atoms with Gasteiger partial charge in [-0.25, -0.2) is 8.78 Å². The third-order valence-corrected chi connectivity index (χ3v) is 11.6. The van der Waals surface area contributed by atoms with Crippen molar-refractivity contribution < 1.29 is 22.7 Å². The molecule has 2 aromatic carbocycles. The second-order valence-electron chi connectivity index (χ2n) is 10.9. The normalized spacial score (nSPS) is 17.8. The molecule has 1 saturated heterocycles. The zero-order chi connectivity index (χ0) is 31.0. The predicted molar refractivity (Wildman–Crippen MR) is 160 cm³/mol. The Bertz CT molecular complexity index is 1830. The number of rotatable bonds is 9. The number of hydrogen-bond donors (Lipinski definition) is 1. The average molecular weight is 664 g/mol. The van der Waals surface area contributed by atoms with Crippen LogP contribution in [0.1, 0.15) is 32.6 Å². The van der Waals surface area contributed by atoms with Crippen LogP contribution < -0.4 is 10.5 Å². The number of nitriles is 1. The van der Waals surface area contributed by atoms with Gasteiger partial charge in [0.15, 0.2) is 11.6 Å². The molecule has 1 aliphatic heterocycles. The van der Waals surface area contributed by atoms with E-state index in [0.717, 1.165) is 36.6 Å². The van der Waals surface area contributed by atoms with E-state index in [4.69, 9.17) is 10.5 Å². The molecule has 13 heteroatoms. The van der Waals surface area contributed by atoms with Crippen LogP contribution in [0, 0.1) is 28.8 Å². The number of carbonyl (C=O) groups excluding carboxylic acids is 1. The molecule has 2 aromatic heterocycles. The summed E-state index contributed by atoms with van der Waals surface area (Å²) in [4.78, 5) is 23.7. The van der Waals surface area contributed by atoms with E-state index in [0.29, 0.717) is 24.0 Å². The van der Waals surface area contributed by atoms with Crippen LogP contribution in [0.3, 0.4) is 0 Å². The monoisotopic (exact) mass is 663 g/mol. The number of hydrogen-bond acceptors (Lipinski definition) is 7. The molecule has 2 atom stereocenters. The Morgan fingerprint density at radius 3 is 2.77 bits per heavy atom. The minimum atomic E-state index is -1.18. The Morgan fingerprint density at radius 1 is 1.23 bits per heavy atom. The number of carbonyl (C=O) groups is 1. The van der Waals surface area contributed by atoms with Crippen molar-refractivity contribution in [2.45, 2.75) is 54.6 Å². The van der Waals surface area contributed by atoms with Crippen molar-refractivity contribution in [3.8, 4) is 28.8 Å². The fourth-order valence-electron chi connectivity index (χ4n) is 5.71. The van der Waals surface area contributed by atoms with Crippen LogP contribution >= 0.6 is 0 Å². The number of nitrogens with two attached hydrogens (primary N) is 1. The second kappa shape index (κ2) is 12.0. The van der Waals surface area contributed by atoms with Gasteiger partial charge in [0, 0.05) is 6.07 Å². The van der Waals surface area contributed by atoms with Gasteiger partial charge in [0.2, 0.25) is 5.82 Å². The molecule has 0 radical (unpaired) electrons. The van der Waals surface area contributed by atoms with E-state index >= 15 is 4.39 Å². The molecule has 1 saturated carbocycles. The fourth-order valence-corrected chi connectivity index (χ4v) is 8.71. The van der Waals surface area contributed by atoms with Crippen LogP contribution in [0.4, 0.5) is 19.0 Å². The summed E-state index contributed by atoms with van der Waals surface area (Å²) in [6, 6.07) is 9.23. The summed E-state index contributed by atoms with van der Waals surface area (Å²) in [6.07, 6.45) is 6.76. The Hall–Kier alpha value is -4.36. The van der Waals surface area contributed by atoms with E-state index in [2.05, 4.69) is 28.1 Å². The van der Waals surface area contributed by atoms with Crippen LogP contribution in [0.5, 0.6) is 11.5 Å². The van der Waals surface area contributed by atoms with Crippen molar-refractivity contribution in [1.82, 2.24) is 24.6 Å². The summed E-state index contributed by atoms with van der Waals surface area (Å²) in [5, 5.41) is 16.0. The zero-order valence-electron chi connectivity index (χ0n) is 23.9. The van der Waals surface area contributed by atoms with Gasteiger partial charge in [0.1, 0.15) is 5.75 Å². The van der Waals surface area contributed by atoms with Crippen molar-refractivity contribution in [3.05, 3.63) is 71.8 Å². The Morgan fingerprint density at radius 2 is 2.05 bits per heavy atom. The summed E-state index contributed by atoms with van der Waals surface area (Å²) in [5.74, 6) is -3.60. The first-order chi connectivity index (χ1) is 21.2. The van der Waals surface area contributed by atoms with Gasteiger partial charge in [-0.3, -0.25) is 0 Å². The molecule has 226 valence electrons. The average Bonchev–Trinajstić information content (AvgIpc) is 3.43. The predicted octanol–water partition coefficient (Wildman–Crippen LogP) is 5.55. The number of benzene rings is 2. The number of nitrogen functional groups attached to an aromatic ring is 1. The molecule has 0 spiro atoms. The molecule has 0 bridgehead atoms. The SMILES string of the molecule is CC[AsH]C1(C=C(C#N)C(=O)N2CCC[C@H]2Cn2nc(-c3ccc(Oc4cccc(F)c4F)cc3F)c3c(N)ncnc32)CC1. The first-order valence-electron chi connectivity index (χ1n) is 14.3. The van der Waals surface area contributed by atoms with E-state index in [-0.39, 0.29) is 72.6 Å². The van der Waals surface area contributed by atoms with Gasteiger partial charge < -0.3 is 4.74 Å². The van der Waals surface area contributed by atoms with Gasteiger partial charge in [-0.05, 0) is 18.2 Å². The van der Waals surface area contributed by atoms with Gasteiger partial charge in [0.05, 0.1) is 0 Å². The minimum absolute atomic E-state index is 0.0421. The number of ether oxygens (including phenoxy) is 1. The van der Waals surface area contributed by atoms with E-state index in [1.807, 2.05) is 6.08 Å². The Labute approximate surface area is 258 Å². The van der Waals surface area contributed by atoms with Gasteiger partial charge >= 0.3 is 187 Å². The number of anilines is 1. The number of aromatic nitrogens is 4. The molecule has 1 aliphatic carbocycles. The summed E-state index contributed by atoms with van der Waals surface area (Å²) in [7, 11) is 0. The van der Waals surface area contributed by atoms with Gasteiger partial charge in [-0.1, -0.05) is 6.07 Å². The van der Waals surface area contributed by atoms with Gasteiger partial charge in [0.25, 0.3) is 0 Å². The van der Waals surface area contributed by atoms with Crippen LogP contribution in [0.2, 0.25) is 9.41 Å². The van der Waals surface area contributed by atoms with E-state index in [9.17, 15) is 18.8 Å². The van der Waals surface area contributed by atoms with Gasteiger partial charge in [-0.15, -0.1) is 0 Å². The van der Waals surface area contributed by atoms with Gasteiger partial charge in [-0.2, -0.15) is 4.39 Å². The van der Waals surface area contributed by atoms with Crippen molar-refractivity contribution in [2.75, 3.05) is 12.3 Å². The third-order valence-electron chi connectivity index (χ3n) is 8.01. The Balaban J connectivity index is 1.30. The molecule has 4 aromatic rings. The van der Waals surface area contributed by atoms with Crippen LogP contribution in [-0.4, -0.2) is 58.9 Å². The maximum atomic E-state index is 15.5. The first kappa shape index (κ1) is 29.7. The zero-order valence-corrected chi connectivity index (χ0v) is 26.0. The number of allylic oxidation sites excluding steroid dienone is 1. The van der Waals surface area contributed by atoms with E-state index < -0.39 is 17.5 Å². The van der Waals surface area contributed by atoms with Crippen molar-refractivity contribution >= 4 is 38.5 Å². The van der Waals surface area contributed by atoms with Crippen molar-refractivity contribution in [1.29, 1.82) is 5.26 Å². The maximum absolute atomic E-state index is 15.5. The molecule has 6 rings (SSSR count). The number of halogens is 3. The summed E-state index contributed by atoms with van der Waals surface area (Å²) >= 11 is -0.255. The molecule has 2 N–H and O–H groups in total. The molecule has 2 fully saturated rings. The fraction of sp³-hybridized carbons (Fsp3) is 0.323. The van der Waals surface area contributed by atoms with Crippen LogP contribution in [0.25, 0.3) is 22.3 Å². The number of amides is 1. The summed E-state index contributed by atoms with van der Waals surface area (Å²) < 4.78 is 50.3. The molecule has 2 aliphatic rings. The number of fused-ring (bicyclic) bond motifs is 1. The van der Waals surface area contributed by atoms with Crippen LogP contribution in [0.15, 0.2) is 54.4 Å².